The molecule has 0 unspecified atom stereocenters. The van der Waals surface area contributed by atoms with E-state index in [-0.39, 0.29) is 0 Å². The van der Waals surface area contributed by atoms with Crippen molar-refractivity contribution in [1.82, 2.24) is 14.5 Å². The van der Waals surface area contributed by atoms with E-state index in [4.69, 9.17) is 14.4 Å². The van der Waals surface area contributed by atoms with E-state index in [9.17, 15) is 0 Å². The summed E-state index contributed by atoms with van der Waals surface area (Å²) in [5.74, 6) is 0.797. The molecule has 5 aromatic heterocycles. The van der Waals surface area contributed by atoms with Crippen molar-refractivity contribution >= 4 is 118 Å². The molecule has 4 nitrogen and oxygen atoms in total. The van der Waals surface area contributed by atoms with Gasteiger partial charge in [-0.3, -0.25) is 4.57 Å². The van der Waals surface area contributed by atoms with Gasteiger partial charge in [-0.05, 0) is 47.2 Å². The van der Waals surface area contributed by atoms with Gasteiger partial charge in [0.2, 0.25) is 5.71 Å². The van der Waals surface area contributed by atoms with Gasteiger partial charge in [0, 0.05) is 62.1 Å². The van der Waals surface area contributed by atoms with Crippen LogP contribution in [0, 0.1) is 0 Å². The van der Waals surface area contributed by atoms with Crippen molar-refractivity contribution < 1.29 is 4.42 Å². The predicted molar refractivity (Wildman–Crippen MR) is 212 cm³/mol. The summed E-state index contributed by atoms with van der Waals surface area (Å²) in [5.41, 5.74) is 6.16. The second-order valence-corrected chi connectivity index (χ2v) is 15.0. The van der Waals surface area contributed by atoms with Gasteiger partial charge in [-0.15, -0.1) is 22.7 Å². The van der Waals surface area contributed by atoms with Crippen molar-refractivity contribution in [3.63, 3.8) is 0 Å². The third-order valence-corrected chi connectivity index (χ3v) is 12.6. The molecule has 0 saturated carbocycles. The SMILES string of the molecule is c1ccc2c(c1)ccc1c3cc4c5ccccc5n(-c5nc6c(nc5-c5cccc7c5sc5ccccc57)oc5ccccc56)c4cc3sc21. The number of nitrogens with zero attached hydrogens (tertiary/aromatic N) is 3. The first-order valence-electron chi connectivity index (χ1n) is 16.7. The van der Waals surface area contributed by atoms with Gasteiger partial charge in [0.1, 0.15) is 16.8 Å². The van der Waals surface area contributed by atoms with Crippen LogP contribution in [-0.4, -0.2) is 14.5 Å². The van der Waals surface area contributed by atoms with Crippen LogP contribution in [0.1, 0.15) is 0 Å². The minimum Gasteiger partial charge on any atom is -0.436 e. The quantitative estimate of drug-likeness (QED) is 0.183. The van der Waals surface area contributed by atoms with Gasteiger partial charge < -0.3 is 4.42 Å². The van der Waals surface area contributed by atoms with Crippen molar-refractivity contribution in [3.05, 3.63) is 140 Å². The molecule has 0 aliphatic heterocycles. The standard InChI is InChI=1S/C44H23N3OS2/c1-2-11-25-24(10-1)20-21-29-33-22-32-26-12-3-6-17-34(26)47(35(32)23-38(33)50-41(25)29)43-39(46-44-40(45-43)30-14-4-7-18-36(30)48-44)31-16-9-15-28-27-13-5-8-19-37(27)49-42(28)31/h1-23H. The van der Waals surface area contributed by atoms with Gasteiger partial charge in [0.25, 0.3) is 0 Å². The van der Waals surface area contributed by atoms with E-state index in [1.165, 1.54) is 61.9 Å². The van der Waals surface area contributed by atoms with Gasteiger partial charge >= 0.3 is 0 Å². The average molecular weight is 674 g/mol. The third kappa shape index (κ3) is 3.53. The van der Waals surface area contributed by atoms with Gasteiger partial charge in [0.15, 0.2) is 5.82 Å². The minimum atomic E-state index is 0.544. The second-order valence-electron chi connectivity index (χ2n) is 12.9. The number of benzene rings is 7. The third-order valence-electron chi connectivity index (χ3n) is 10.2. The molecule has 0 N–H and O–H groups in total. The highest BCUT2D eigenvalue weighted by Gasteiger charge is 2.24. The van der Waals surface area contributed by atoms with Crippen molar-refractivity contribution in [2.45, 2.75) is 0 Å². The Morgan fingerprint density at radius 1 is 0.480 bits per heavy atom. The molecule has 6 heteroatoms. The number of hydrogen-bond donors (Lipinski definition) is 0. The lowest BCUT2D eigenvalue weighted by Crippen LogP contribution is -2.03. The normalized spacial score (nSPS) is 12.4. The number of hydrogen-bond acceptors (Lipinski definition) is 5. The fraction of sp³-hybridized carbons (Fsp3) is 0. The van der Waals surface area contributed by atoms with Gasteiger partial charge in [0.05, 0.1) is 11.0 Å². The number of para-hydroxylation sites is 2. The molecule has 0 fully saturated rings. The first kappa shape index (κ1) is 26.8. The molecule has 0 amide bonds. The summed E-state index contributed by atoms with van der Waals surface area (Å²) in [7, 11) is 0. The molecule has 12 rings (SSSR count). The molecule has 0 aliphatic carbocycles. The van der Waals surface area contributed by atoms with E-state index in [0.29, 0.717) is 5.71 Å². The summed E-state index contributed by atoms with van der Waals surface area (Å²) < 4.78 is 13.7. The van der Waals surface area contributed by atoms with E-state index in [1.807, 2.05) is 29.5 Å². The van der Waals surface area contributed by atoms with Crippen LogP contribution < -0.4 is 0 Å². The number of thiophene rings is 2. The molecule has 0 saturated heterocycles. The summed E-state index contributed by atoms with van der Waals surface area (Å²) >= 11 is 3.67. The van der Waals surface area contributed by atoms with Crippen molar-refractivity contribution in [1.29, 1.82) is 0 Å². The Bertz CT molecular complexity index is 3400. The van der Waals surface area contributed by atoms with Crippen molar-refractivity contribution in [2.75, 3.05) is 0 Å². The summed E-state index contributed by atoms with van der Waals surface area (Å²) in [4.78, 5) is 10.9. The Morgan fingerprint density at radius 2 is 1.22 bits per heavy atom. The maximum Gasteiger partial charge on any atom is 0.247 e. The average Bonchev–Trinajstić information content (AvgIpc) is 3.92. The molecule has 0 aliphatic rings. The van der Waals surface area contributed by atoms with E-state index in [1.54, 1.807) is 11.3 Å². The van der Waals surface area contributed by atoms with E-state index in [2.05, 4.69) is 126 Å². The lowest BCUT2D eigenvalue weighted by atomic mass is 10.0. The predicted octanol–water partition coefficient (Wildman–Crippen LogP) is 13.0. The fourth-order valence-corrected chi connectivity index (χ4v) is 10.4. The molecular weight excluding hydrogens is 651 g/mol. The van der Waals surface area contributed by atoms with E-state index in [0.717, 1.165) is 44.6 Å². The molecule has 232 valence electrons. The smallest absolute Gasteiger partial charge is 0.247 e. The largest absolute Gasteiger partial charge is 0.436 e. The van der Waals surface area contributed by atoms with Crippen LogP contribution in [-0.2, 0) is 0 Å². The summed E-state index contributed by atoms with van der Waals surface area (Å²) in [5, 5.41) is 11.0. The summed E-state index contributed by atoms with van der Waals surface area (Å²) in [6.07, 6.45) is 0. The van der Waals surface area contributed by atoms with Crippen LogP contribution in [0.2, 0.25) is 0 Å². The number of rotatable bonds is 2. The summed E-state index contributed by atoms with van der Waals surface area (Å²) in [6.45, 7) is 0. The zero-order valence-corrected chi connectivity index (χ0v) is 28.0. The molecule has 50 heavy (non-hydrogen) atoms. The van der Waals surface area contributed by atoms with Gasteiger partial charge in [-0.25, -0.2) is 9.97 Å². The lowest BCUT2D eigenvalue weighted by molar-refractivity contribution is 0.653. The molecule has 5 heterocycles. The Hall–Kier alpha value is -6.08. The number of furan rings is 1. The van der Waals surface area contributed by atoms with Crippen molar-refractivity contribution in [3.8, 4) is 17.1 Å². The maximum atomic E-state index is 6.38. The first-order chi connectivity index (χ1) is 24.8. The zero-order valence-electron chi connectivity index (χ0n) is 26.3. The Labute approximate surface area is 292 Å². The maximum absolute atomic E-state index is 6.38. The first-order valence-corrected chi connectivity index (χ1v) is 18.3. The van der Waals surface area contributed by atoms with Crippen LogP contribution in [0.4, 0.5) is 0 Å². The molecule has 0 bridgehead atoms. The van der Waals surface area contributed by atoms with Crippen LogP contribution in [0.25, 0.3) is 112 Å². The highest BCUT2D eigenvalue weighted by atomic mass is 32.1. The molecule has 0 radical (unpaired) electrons. The minimum absolute atomic E-state index is 0.544. The van der Waals surface area contributed by atoms with Gasteiger partial charge in [-0.2, -0.15) is 0 Å². The number of fused-ring (bicyclic) bond motifs is 14. The van der Waals surface area contributed by atoms with E-state index >= 15 is 0 Å². The fourth-order valence-electron chi connectivity index (χ4n) is 7.98. The molecule has 7 aromatic carbocycles. The van der Waals surface area contributed by atoms with Crippen LogP contribution in [0.3, 0.4) is 0 Å². The summed E-state index contributed by atoms with van der Waals surface area (Å²) in [6, 6.07) is 49.9. The van der Waals surface area contributed by atoms with Crippen LogP contribution in [0.5, 0.6) is 0 Å². The lowest BCUT2D eigenvalue weighted by Gasteiger charge is -2.13. The molecular formula is C44H23N3OS2. The Morgan fingerprint density at radius 3 is 2.16 bits per heavy atom. The van der Waals surface area contributed by atoms with Gasteiger partial charge in [-0.1, -0.05) is 103 Å². The number of aromatic nitrogens is 3. The molecule has 0 atom stereocenters. The second kappa shape index (κ2) is 9.76. The van der Waals surface area contributed by atoms with Crippen LogP contribution >= 0.6 is 22.7 Å². The van der Waals surface area contributed by atoms with E-state index < -0.39 is 0 Å². The monoisotopic (exact) mass is 673 g/mol. The highest BCUT2D eigenvalue weighted by Crippen LogP contribution is 2.46. The van der Waals surface area contributed by atoms with Crippen molar-refractivity contribution in [2.24, 2.45) is 0 Å². The zero-order chi connectivity index (χ0) is 32.5. The Balaban J connectivity index is 1.25. The Kier molecular flexibility index (Phi) is 5.23. The topological polar surface area (TPSA) is 43.9 Å². The molecule has 12 aromatic rings. The highest BCUT2D eigenvalue weighted by molar-refractivity contribution is 7.27. The van der Waals surface area contributed by atoms with Crippen LogP contribution in [0.15, 0.2) is 144 Å². The molecule has 0 spiro atoms.